The van der Waals surface area contributed by atoms with Crippen molar-refractivity contribution in [2.45, 2.75) is 19.9 Å². The molecule has 0 unspecified atom stereocenters. The van der Waals surface area contributed by atoms with Gasteiger partial charge in [0.05, 0.1) is 7.11 Å². The highest BCUT2D eigenvalue weighted by Crippen LogP contribution is 2.19. The second kappa shape index (κ2) is 9.83. The maximum absolute atomic E-state index is 5.40. The molecule has 2 aromatic rings. The van der Waals surface area contributed by atoms with Gasteiger partial charge in [0.2, 0.25) is 0 Å². The van der Waals surface area contributed by atoms with E-state index in [-0.39, 0.29) is 0 Å². The summed E-state index contributed by atoms with van der Waals surface area (Å²) in [6, 6.07) is 15.0. The van der Waals surface area contributed by atoms with E-state index in [1.165, 1.54) is 16.8 Å². The standard InChI is InChI=1S/C23H30N4O/c1-18-9-10-19(16-22(18)28-3)11-12-25-23(24-2)26-17-20-7-6-8-21(15-20)27-13-4-5-14-27/h4-10,15-16H,11-14,17H2,1-3H3,(H2,24,25,26). The lowest BCUT2D eigenvalue weighted by molar-refractivity contribution is 0.411. The van der Waals surface area contributed by atoms with Gasteiger partial charge in [-0.2, -0.15) is 0 Å². The number of nitrogens with zero attached hydrogens (tertiary/aromatic N) is 2. The third-order valence-corrected chi connectivity index (χ3v) is 4.96. The largest absolute Gasteiger partial charge is 0.496 e. The predicted octanol–water partition coefficient (Wildman–Crippen LogP) is 3.29. The zero-order valence-corrected chi connectivity index (χ0v) is 17.0. The Balaban J connectivity index is 1.48. The predicted molar refractivity (Wildman–Crippen MR) is 117 cm³/mol. The van der Waals surface area contributed by atoms with Crippen LogP contribution in [0, 0.1) is 6.92 Å². The molecule has 0 saturated heterocycles. The number of aliphatic imine (C=N–C) groups is 1. The molecule has 0 aromatic heterocycles. The normalized spacial score (nSPS) is 13.7. The average Bonchev–Trinajstić information content (AvgIpc) is 3.27. The van der Waals surface area contributed by atoms with Crippen molar-refractivity contribution in [1.82, 2.24) is 10.6 Å². The van der Waals surface area contributed by atoms with E-state index in [0.29, 0.717) is 0 Å². The molecule has 148 valence electrons. The van der Waals surface area contributed by atoms with Gasteiger partial charge in [-0.3, -0.25) is 4.99 Å². The van der Waals surface area contributed by atoms with Gasteiger partial charge < -0.3 is 20.3 Å². The van der Waals surface area contributed by atoms with Gasteiger partial charge in [0, 0.05) is 38.9 Å². The van der Waals surface area contributed by atoms with Crippen LogP contribution in [0.15, 0.2) is 59.6 Å². The molecule has 2 aromatic carbocycles. The number of rotatable bonds is 7. The molecule has 0 amide bonds. The van der Waals surface area contributed by atoms with Crippen molar-refractivity contribution in [1.29, 1.82) is 0 Å². The fourth-order valence-corrected chi connectivity index (χ4v) is 3.30. The van der Waals surface area contributed by atoms with Crippen LogP contribution in [-0.4, -0.2) is 39.8 Å². The van der Waals surface area contributed by atoms with Crippen LogP contribution < -0.4 is 20.3 Å². The number of hydrogen-bond donors (Lipinski definition) is 2. The number of hydrogen-bond acceptors (Lipinski definition) is 3. The van der Waals surface area contributed by atoms with E-state index in [1.807, 2.05) is 0 Å². The van der Waals surface area contributed by atoms with E-state index < -0.39 is 0 Å². The maximum atomic E-state index is 5.40. The molecule has 5 nitrogen and oxygen atoms in total. The Bertz CT molecular complexity index is 836. The third kappa shape index (κ3) is 5.28. The van der Waals surface area contributed by atoms with E-state index in [1.54, 1.807) is 14.2 Å². The molecule has 3 rings (SSSR count). The number of benzene rings is 2. The topological polar surface area (TPSA) is 48.9 Å². The molecule has 28 heavy (non-hydrogen) atoms. The first kappa shape index (κ1) is 19.8. The van der Waals surface area contributed by atoms with Gasteiger partial charge in [0.1, 0.15) is 5.75 Å². The Labute approximate surface area is 168 Å². The molecular weight excluding hydrogens is 348 g/mol. The van der Waals surface area contributed by atoms with E-state index in [2.05, 4.69) is 82.1 Å². The summed E-state index contributed by atoms with van der Waals surface area (Å²) in [7, 11) is 3.52. The van der Waals surface area contributed by atoms with Crippen molar-refractivity contribution < 1.29 is 4.74 Å². The van der Waals surface area contributed by atoms with E-state index in [4.69, 9.17) is 4.74 Å². The fraction of sp³-hybridized carbons (Fsp3) is 0.348. The van der Waals surface area contributed by atoms with Crippen molar-refractivity contribution >= 4 is 11.6 Å². The van der Waals surface area contributed by atoms with Crippen LogP contribution in [0.3, 0.4) is 0 Å². The van der Waals surface area contributed by atoms with E-state index >= 15 is 0 Å². The highest BCUT2D eigenvalue weighted by atomic mass is 16.5. The minimum absolute atomic E-state index is 0.743. The molecule has 0 saturated carbocycles. The molecule has 0 bridgehead atoms. The van der Waals surface area contributed by atoms with Crippen LogP contribution in [-0.2, 0) is 13.0 Å². The first-order valence-corrected chi connectivity index (χ1v) is 9.76. The highest BCUT2D eigenvalue weighted by Gasteiger charge is 2.08. The molecule has 1 aliphatic heterocycles. The van der Waals surface area contributed by atoms with Crippen LogP contribution in [0.4, 0.5) is 5.69 Å². The fourth-order valence-electron chi connectivity index (χ4n) is 3.30. The van der Waals surface area contributed by atoms with Gasteiger partial charge in [0.25, 0.3) is 0 Å². The van der Waals surface area contributed by atoms with Gasteiger partial charge >= 0.3 is 0 Å². The summed E-state index contributed by atoms with van der Waals surface area (Å²) in [5.74, 6) is 1.75. The lowest BCUT2D eigenvalue weighted by Gasteiger charge is -2.19. The Morgan fingerprint density at radius 2 is 1.89 bits per heavy atom. The summed E-state index contributed by atoms with van der Waals surface area (Å²) >= 11 is 0. The SMILES string of the molecule is CN=C(NCCc1ccc(C)c(OC)c1)NCc1cccc(N2CC=CC2)c1. The first-order valence-electron chi connectivity index (χ1n) is 9.76. The van der Waals surface area contributed by atoms with Crippen LogP contribution in [0.5, 0.6) is 5.75 Å². The Morgan fingerprint density at radius 3 is 2.64 bits per heavy atom. The lowest BCUT2D eigenvalue weighted by Crippen LogP contribution is -2.37. The van der Waals surface area contributed by atoms with Crippen molar-refractivity contribution in [3.8, 4) is 5.75 Å². The van der Waals surface area contributed by atoms with Crippen LogP contribution in [0.1, 0.15) is 16.7 Å². The number of nitrogens with one attached hydrogen (secondary N) is 2. The molecule has 0 spiro atoms. The van der Waals surface area contributed by atoms with Gasteiger partial charge in [-0.05, 0) is 48.2 Å². The van der Waals surface area contributed by atoms with Crippen molar-refractivity contribution in [2.24, 2.45) is 4.99 Å². The summed E-state index contributed by atoms with van der Waals surface area (Å²) in [6.45, 7) is 5.59. The number of ether oxygens (including phenoxy) is 1. The van der Waals surface area contributed by atoms with Crippen molar-refractivity contribution in [3.63, 3.8) is 0 Å². The Morgan fingerprint density at radius 1 is 1.07 bits per heavy atom. The monoisotopic (exact) mass is 378 g/mol. The number of aryl methyl sites for hydroxylation is 1. The van der Waals surface area contributed by atoms with Gasteiger partial charge in [-0.15, -0.1) is 0 Å². The van der Waals surface area contributed by atoms with Crippen LogP contribution in [0.2, 0.25) is 0 Å². The van der Waals surface area contributed by atoms with E-state index in [0.717, 1.165) is 49.9 Å². The zero-order valence-electron chi connectivity index (χ0n) is 17.0. The number of guanidine groups is 1. The molecule has 0 aliphatic carbocycles. The summed E-state index contributed by atoms with van der Waals surface area (Å²) in [6.07, 6.45) is 5.33. The number of methoxy groups -OCH3 is 1. The molecule has 2 N–H and O–H groups in total. The summed E-state index contributed by atoms with van der Waals surface area (Å²) in [5.41, 5.74) is 4.91. The second-order valence-electron chi connectivity index (χ2n) is 6.95. The first-order chi connectivity index (χ1) is 13.7. The van der Waals surface area contributed by atoms with Crippen LogP contribution >= 0.6 is 0 Å². The maximum Gasteiger partial charge on any atom is 0.191 e. The summed E-state index contributed by atoms with van der Waals surface area (Å²) in [4.78, 5) is 6.68. The number of anilines is 1. The van der Waals surface area contributed by atoms with E-state index in [9.17, 15) is 0 Å². The third-order valence-electron chi connectivity index (χ3n) is 4.96. The Hall–Kier alpha value is -2.95. The molecule has 0 fully saturated rings. The van der Waals surface area contributed by atoms with Crippen molar-refractivity contribution in [2.75, 3.05) is 38.7 Å². The van der Waals surface area contributed by atoms with Gasteiger partial charge in [-0.25, -0.2) is 0 Å². The molecule has 0 atom stereocenters. The smallest absolute Gasteiger partial charge is 0.191 e. The summed E-state index contributed by atoms with van der Waals surface area (Å²) in [5, 5.41) is 6.79. The second-order valence-corrected chi connectivity index (χ2v) is 6.95. The van der Waals surface area contributed by atoms with Crippen molar-refractivity contribution in [3.05, 3.63) is 71.3 Å². The van der Waals surface area contributed by atoms with Gasteiger partial charge in [-0.1, -0.05) is 36.4 Å². The molecule has 1 heterocycles. The highest BCUT2D eigenvalue weighted by molar-refractivity contribution is 5.79. The zero-order chi connectivity index (χ0) is 19.8. The molecule has 0 radical (unpaired) electrons. The lowest BCUT2D eigenvalue weighted by atomic mass is 10.1. The Kier molecular flexibility index (Phi) is 6.95. The molecular formula is C23H30N4O. The minimum Gasteiger partial charge on any atom is -0.496 e. The summed E-state index contributed by atoms with van der Waals surface area (Å²) < 4.78 is 5.40. The molecule has 1 aliphatic rings. The molecule has 5 heteroatoms. The quantitative estimate of drug-likeness (QED) is 0.441. The van der Waals surface area contributed by atoms with Gasteiger partial charge in [0.15, 0.2) is 5.96 Å². The van der Waals surface area contributed by atoms with Crippen LogP contribution in [0.25, 0.3) is 0 Å². The average molecular weight is 379 g/mol. The minimum atomic E-state index is 0.743.